The normalized spacial score (nSPS) is 10.9. The van der Waals surface area contributed by atoms with Gasteiger partial charge in [0.1, 0.15) is 0 Å². The number of hydrazone groups is 1. The number of carbonyl (C=O) groups excluding carboxylic acids is 1. The fourth-order valence-electron chi connectivity index (χ4n) is 0.133. The number of hydrogen-bond acceptors (Lipinski definition) is 4. The van der Waals surface area contributed by atoms with E-state index in [9.17, 15) is 4.79 Å². The van der Waals surface area contributed by atoms with Gasteiger partial charge in [0.15, 0.2) is 0 Å². The van der Waals surface area contributed by atoms with Crippen molar-refractivity contribution >= 4 is 11.7 Å². The number of amidine groups is 1. The molecule has 46 valence electrons. The standard InChI is InChI=1S/C2H7N5O/c3-1(6-4)2(8)7-5/h4-5H2,(H2,3,6)(H,7,8). The predicted molar refractivity (Wildman–Crippen MR) is 28.1 cm³/mol. The molecule has 0 aromatic rings. The largest absolute Gasteiger partial charge is 0.378 e. The molecule has 1 amide bonds. The molecule has 7 N–H and O–H groups in total. The Kier molecular flexibility index (Phi) is 2.35. The Bertz CT molecular complexity index is 118. The van der Waals surface area contributed by atoms with Gasteiger partial charge in [-0.2, -0.15) is 5.10 Å². The van der Waals surface area contributed by atoms with E-state index in [0.29, 0.717) is 0 Å². The maximum atomic E-state index is 10.2. The lowest BCUT2D eigenvalue weighted by molar-refractivity contribution is -0.114. The molecule has 0 bridgehead atoms. The van der Waals surface area contributed by atoms with Crippen LogP contribution in [-0.2, 0) is 4.79 Å². The van der Waals surface area contributed by atoms with Gasteiger partial charge in [-0.3, -0.25) is 10.2 Å². The number of carbonyl (C=O) groups is 1. The Balaban J connectivity index is 3.83. The van der Waals surface area contributed by atoms with Crippen LogP contribution in [0.3, 0.4) is 0 Å². The van der Waals surface area contributed by atoms with E-state index in [0.717, 1.165) is 0 Å². The minimum Gasteiger partial charge on any atom is -0.378 e. The zero-order valence-electron chi connectivity index (χ0n) is 4.09. The first-order valence-corrected chi connectivity index (χ1v) is 1.76. The first-order chi connectivity index (χ1) is 3.72. The number of nitrogens with two attached hydrogens (primary N) is 3. The SMILES string of the molecule is NN=C(N)C(=O)NN. The van der Waals surface area contributed by atoms with Crippen LogP contribution in [0, 0.1) is 0 Å². The fraction of sp³-hybridized carbons (Fsp3) is 0. The van der Waals surface area contributed by atoms with Gasteiger partial charge < -0.3 is 11.6 Å². The molecule has 8 heavy (non-hydrogen) atoms. The van der Waals surface area contributed by atoms with Crippen LogP contribution in [0.1, 0.15) is 0 Å². The van der Waals surface area contributed by atoms with Crippen LogP contribution in [0.4, 0.5) is 0 Å². The highest BCUT2D eigenvalue weighted by Gasteiger charge is 2.00. The summed E-state index contributed by atoms with van der Waals surface area (Å²) >= 11 is 0. The summed E-state index contributed by atoms with van der Waals surface area (Å²) < 4.78 is 0. The lowest BCUT2D eigenvalue weighted by atomic mass is 10.6. The predicted octanol–water partition coefficient (Wildman–Crippen LogP) is -2.79. The van der Waals surface area contributed by atoms with E-state index < -0.39 is 5.91 Å². The number of rotatable bonds is 0. The maximum Gasteiger partial charge on any atom is 0.302 e. The Hall–Kier alpha value is -1.30. The summed E-state index contributed by atoms with van der Waals surface area (Å²) in [5, 5.41) is 2.86. The molecule has 6 heteroatoms. The number of nitrogens with zero attached hydrogens (tertiary/aromatic N) is 1. The van der Waals surface area contributed by atoms with Crippen LogP contribution in [0.15, 0.2) is 5.10 Å². The van der Waals surface area contributed by atoms with Gasteiger partial charge in [-0.1, -0.05) is 0 Å². The first kappa shape index (κ1) is 6.70. The highest BCUT2D eigenvalue weighted by atomic mass is 16.2. The monoisotopic (exact) mass is 117 g/mol. The van der Waals surface area contributed by atoms with Crippen molar-refractivity contribution in [1.29, 1.82) is 0 Å². The average molecular weight is 117 g/mol. The van der Waals surface area contributed by atoms with Gasteiger partial charge in [-0.15, -0.1) is 0 Å². The van der Waals surface area contributed by atoms with Crippen LogP contribution in [0.5, 0.6) is 0 Å². The molecule has 0 unspecified atom stereocenters. The summed E-state index contributed by atoms with van der Waals surface area (Å²) in [5.74, 6) is 8.20. The van der Waals surface area contributed by atoms with Gasteiger partial charge >= 0.3 is 5.91 Å². The second-order valence-electron chi connectivity index (χ2n) is 0.988. The van der Waals surface area contributed by atoms with Crippen LogP contribution < -0.4 is 22.8 Å². The van der Waals surface area contributed by atoms with Gasteiger partial charge in [0, 0.05) is 0 Å². The quantitative estimate of drug-likeness (QED) is 0.0900. The molecule has 0 rings (SSSR count). The molecule has 0 aromatic heterocycles. The number of nitrogens with one attached hydrogen (secondary N) is 1. The second kappa shape index (κ2) is 2.80. The van der Waals surface area contributed by atoms with Crippen molar-refractivity contribution < 1.29 is 4.79 Å². The van der Waals surface area contributed by atoms with E-state index in [1.165, 1.54) is 0 Å². The van der Waals surface area contributed by atoms with Crippen molar-refractivity contribution in [1.82, 2.24) is 5.43 Å². The minimum absolute atomic E-state index is 0.340. The lowest BCUT2D eigenvalue weighted by Gasteiger charge is -1.92. The van der Waals surface area contributed by atoms with Crippen molar-refractivity contribution in [3.8, 4) is 0 Å². The topological polar surface area (TPSA) is 120 Å². The van der Waals surface area contributed by atoms with E-state index in [4.69, 9.17) is 5.73 Å². The van der Waals surface area contributed by atoms with E-state index in [1.54, 1.807) is 5.43 Å². The molecule has 0 fully saturated rings. The molecule has 0 spiro atoms. The Labute approximate surface area is 45.7 Å². The summed E-state index contributed by atoms with van der Waals surface area (Å²) in [7, 11) is 0. The van der Waals surface area contributed by atoms with Crippen LogP contribution in [0.2, 0.25) is 0 Å². The molecular weight excluding hydrogens is 110 g/mol. The van der Waals surface area contributed by atoms with E-state index in [-0.39, 0.29) is 5.84 Å². The number of amides is 1. The molecule has 0 aliphatic rings. The van der Waals surface area contributed by atoms with Crippen molar-refractivity contribution in [3.63, 3.8) is 0 Å². The number of hydrogen-bond donors (Lipinski definition) is 4. The minimum atomic E-state index is -0.687. The highest BCUT2D eigenvalue weighted by molar-refractivity contribution is 6.36. The first-order valence-electron chi connectivity index (χ1n) is 1.76. The van der Waals surface area contributed by atoms with Crippen LogP contribution in [0.25, 0.3) is 0 Å². The van der Waals surface area contributed by atoms with Gasteiger partial charge in [0.05, 0.1) is 0 Å². The molecular formula is C2H7N5O. The van der Waals surface area contributed by atoms with Gasteiger partial charge in [0.25, 0.3) is 0 Å². The smallest absolute Gasteiger partial charge is 0.302 e. The van der Waals surface area contributed by atoms with Crippen LogP contribution >= 0.6 is 0 Å². The van der Waals surface area contributed by atoms with E-state index >= 15 is 0 Å². The maximum absolute atomic E-state index is 10.2. The van der Waals surface area contributed by atoms with Crippen molar-refractivity contribution in [2.75, 3.05) is 0 Å². The zero-order chi connectivity index (χ0) is 6.57. The van der Waals surface area contributed by atoms with E-state index in [1.807, 2.05) is 0 Å². The average Bonchev–Trinajstić information content (AvgIpc) is 1.84. The molecule has 0 atom stereocenters. The van der Waals surface area contributed by atoms with Crippen molar-refractivity contribution in [3.05, 3.63) is 0 Å². The second-order valence-corrected chi connectivity index (χ2v) is 0.988. The lowest BCUT2D eigenvalue weighted by Crippen LogP contribution is -2.40. The van der Waals surface area contributed by atoms with Gasteiger partial charge in [0.2, 0.25) is 5.84 Å². The zero-order valence-corrected chi connectivity index (χ0v) is 4.09. The van der Waals surface area contributed by atoms with Gasteiger partial charge in [-0.05, 0) is 0 Å². The molecule has 0 saturated heterocycles. The van der Waals surface area contributed by atoms with Crippen LogP contribution in [-0.4, -0.2) is 11.7 Å². The Morgan fingerprint density at radius 3 is 2.25 bits per heavy atom. The molecule has 0 radical (unpaired) electrons. The molecule has 6 nitrogen and oxygen atoms in total. The Morgan fingerprint density at radius 1 is 1.62 bits per heavy atom. The van der Waals surface area contributed by atoms with E-state index in [2.05, 4.69) is 16.8 Å². The molecule has 0 heterocycles. The third kappa shape index (κ3) is 1.43. The third-order valence-electron chi connectivity index (χ3n) is 0.503. The summed E-state index contributed by atoms with van der Waals surface area (Å²) in [6.45, 7) is 0. The summed E-state index contributed by atoms with van der Waals surface area (Å²) in [6.07, 6.45) is 0. The summed E-state index contributed by atoms with van der Waals surface area (Å²) in [5.41, 5.74) is 6.60. The fourth-order valence-corrected chi connectivity index (χ4v) is 0.133. The highest BCUT2D eigenvalue weighted by Crippen LogP contribution is 1.58. The molecule has 0 aromatic carbocycles. The summed E-state index contributed by atoms with van der Waals surface area (Å²) in [4.78, 5) is 10.2. The molecule has 0 aliphatic heterocycles. The Morgan fingerprint density at radius 2 is 2.12 bits per heavy atom. The third-order valence-corrected chi connectivity index (χ3v) is 0.503. The van der Waals surface area contributed by atoms with Crippen molar-refractivity contribution in [2.24, 2.45) is 22.5 Å². The van der Waals surface area contributed by atoms with Gasteiger partial charge in [-0.25, -0.2) is 5.84 Å². The summed E-state index contributed by atoms with van der Waals surface area (Å²) in [6, 6.07) is 0. The molecule has 0 aliphatic carbocycles. The molecule has 0 saturated carbocycles. The van der Waals surface area contributed by atoms with Crippen molar-refractivity contribution in [2.45, 2.75) is 0 Å². The number of hydrazine groups is 1.